The summed E-state index contributed by atoms with van der Waals surface area (Å²) in [7, 11) is 0. The highest BCUT2D eigenvalue weighted by atomic mass is 16.3. The molecule has 2 N–H and O–H groups in total. The topological polar surface area (TPSA) is 40.5 Å². The highest BCUT2D eigenvalue weighted by molar-refractivity contribution is 5.64. The van der Waals surface area contributed by atoms with Crippen LogP contribution in [0.1, 0.15) is 37.2 Å². The molecule has 0 bridgehead atoms. The fraction of sp³-hybridized carbons (Fsp3) is 0.250. The zero-order valence-electron chi connectivity index (χ0n) is 10.7. The Hall–Kier alpha value is -1.64. The molecule has 2 rings (SSSR count). The highest BCUT2D eigenvalue weighted by Crippen LogP contribution is 2.24. The number of rotatable bonds is 3. The van der Waals surface area contributed by atoms with Gasteiger partial charge in [-0.05, 0) is 42.2 Å². The molecule has 94 valence electrons. The van der Waals surface area contributed by atoms with E-state index in [-0.39, 0.29) is 0 Å². The van der Waals surface area contributed by atoms with E-state index in [0.717, 1.165) is 22.3 Å². The number of aliphatic hydroxyl groups excluding tert-OH is 2. The Morgan fingerprint density at radius 2 is 1.33 bits per heavy atom. The van der Waals surface area contributed by atoms with Crippen molar-refractivity contribution < 1.29 is 10.2 Å². The van der Waals surface area contributed by atoms with Gasteiger partial charge in [0.05, 0.1) is 12.2 Å². The Kier molecular flexibility index (Phi) is 3.80. The first kappa shape index (κ1) is 12.8. The summed E-state index contributed by atoms with van der Waals surface area (Å²) in [5.41, 5.74) is 3.98. The predicted octanol–water partition coefficient (Wildman–Crippen LogP) is 3.46. The van der Waals surface area contributed by atoms with E-state index in [2.05, 4.69) is 0 Å². The van der Waals surface area contributed by atoms with Gasteiger partial charge in [0.2, 0.25) is 0 Å². The predicted molar refractivity (Wildman–Crippen MR) is 73.1 cm³/mol. The lowest BCUT2D eigenvalue weighted by Crippen LogP contribution is -1.92. The lowest BCUT2D eigenvalue weighted by atomic mass is 9.99. The lowest BCUT2D eigenvalue weighted by molar-refractivity contribution is 0.199. The normalized spacial score (nSPS) is 14.2. The quantitative estimate of drug-likeness (QED) is 0.865. The van der Waals surface area contributed by atoms with Gasteiger partial charge in [-0.3, -0.25) is 0 Å². The van der Waals surface area contributed by atoms with Crippen LogP contribution in [0.5, 0.6) is 0 Å². The molecule has 18 heavy (non-hydrogen) atoms. The van der Waals surface area contributed by atoms with Crippen LogP contribution >= 0.6 is 0 Å². The molecule has 0 heterocycles. The van der Waals surface area contributed by atoms with Crippen molar-refractivity contribution in [3.8, 4) is 11.1 Å². The smallest absolute Gasteiger partial charge is 0.0762 e. The van der Waals surface area contributed by atoms with E-state index in [1.54, 1.807) is 13.8 Å². The summed E-state index contributed by atoms with van der Waals surface area (Å²) in [6, 6.07) is 15.7. The van der Waals surface area contributed by atoms with Gasteiger partial charge in [0.1, 0.15) is 0 Å². The molecule has 0 amide bonds. The first-order valence-corrected chi connectivity index (χ1v) is 6.14. The van der Waals surface area contributed by atoms with E-state index in [4.69, 9.17) is 0 Å². The van der Waals surface area contributed by atoms with Crippen molar-refractivity contribution in [3.05, 3.63) is 59.7 Å². The third-order valence-electron chi connectivity index (χ3n) is 3.10. The Labute approximate surface area is 108 Å². The van der Waals surface area contributed by atoms with Crippen LogP contribution in [0.15, 0.2) is 48.5 Å². The molecule has 0 radical (unpaired) electrons. The van der Waals surface area contributed by atoms with E-state index in [1.807, 2.05) is 48.5 Å². The summed E-state index contributed by atoms with van der Waals surface area (Å²) in [5, 5.41) is 19.0. The van der Waals surface area contributed by atoms with Crippen molar-refractivity contribution in [2.75, 3.05) is 0 Å². The molecule has 2 aromatic rings. The number of hydrogen-bond acceptors (Lipinski definition) is 2. The van der Waals surface area contributed by atoms with E-state index >= 15 is 0 Å². The Bertz CT molecular complexity index is 513. The third kappa shape index (κ3) is 2.78. The molecule has 0 saturated heterocycles. The van der Waals surface area contributed by atoms with Crippen molar-refractivity contribution in [1.29, 1.82) is 0 Å². The van der Waals surface area contributed by atoms with Crippen LogP contribution in [0.25, 0.3) is 11.1 Å². The molecule has 0 aliphatic heterocycles. The third-order valence-corrected chi connectivity index (χ3v) is 3.10. The second kappa shape index (κ2) is 5.34. The van der Waals surface area contributed by atoms with Crippen LogP contribution in [0, 0.1) is 0 Å². The second-order valence-corrected chi connectivity index (χ2v) is 4.60. The molecular formula is C16H18O2. The minimum atomic E-state index is -0.457. The summed E-state index contributed by atoms with van der Waals surface area (Å²) >= 11 is 0. The minimum Gasteiger partial charge on any atom is -0.389 e. The molecule has 0 aliphatic carbocycles. The molecule has 0 fully saturated rings. The van der Waals surface area contributed by atoms with Crippen LogP contribution in [0.4, 0.5) is 0 Å². The second-order valence-electron chi connectivity index (χ2n) is 4.60. The highest BCUT2D eigenvalue weighted by Gasteiger charge is 2.04. The molecule has 0 aliphatic rings. The largest absolute Gasteiger partial charge is 0.389 e. The molecular weight excluding hydrogens is 224 g/mol. The van der Waals surface area contributed by atoms with Crippen molar-refractivity contribution in [3.63, 3.8) is 0 Å². The van der Waals surface area contributed by atoms with Gasteiger partial charge in [0.15, 0.2) is 0 Å². The molecule has 0 saturated carbocycles. The average Bonchev–Trinajstić information content (AvgIpc) is 2.39. The minimum absolute atomic E-state index is 0.442. The average molecular weight is 242 g/mol. The maximum Gasteiger partial charge on any atom is 0.0762 e. The first-order chi connectivity index (χ1) is 8.58. The summed E-state index contributed by atoms with van der Waals surface area (Å²) < 4.78 is 0. The van der Waals surface area contributed by atoms with Crippen LogP contribution in [0.3, 0.4) is 0 Å². The van der Waals surface area contributed by atoms with Gasteiger partial charge in [-0.25, -0.2) is 0 Å². The van der Waals surface area contributed by atoms with Gasteiger partial charge in [0, 0.05) is 0 Å². The maximum absolute atomic E-state index is 9.58. The number of hydrogen-bond donors (Lipinski definition) is 2. The Morgan fingerprint density at radius 1 is 0.722 bits per heavy atom. The summed E-state index contributed by atoms with van der Waals surface area (Å²) in [6.07, 6.45) is -0.899. The van der Waals surface area contributed by atoms with Crippen molar-refractivity contribution >= 4 is 0 Å². The van der Waals surface area contributed by atoms with Gasteiger partial charge in [-0.2, -0.15) is 0 Å². The summed E-state index contributed by atoms with van der Waals surface area (Å²) in [4.78, 5) is 0. The van der Waals surface area contributed by atoms with Crippen molar-refractivity contribution in [2.45, 2.75) is 26.1 Å². The van der Waals surface area contributed by atoms with Crippen molar-refractivity contribution in [2.24, 2.45) is 0 Å². The number of aliphatic hydroxyl groups is 2. The van der Waals surface area contributed by atoms with E-state index in [9.17, 15) is 10.2 Å². The van der Waals surface area contributed by atoms with Crippen LogP contribution in [0.2, 0.25) is 0 Å². The molecule has 0 unspecified atom stereocenters. The molecule has 2 heteroatoms. The van der Waals surface area contributed by atoms with Crippen molar-refractivity contribution in [1.82, 2.24) is 0 Å². The molecule has 0 spiro atoms. The van der Waals surface area contributed by atoms with Gasteiger partial charge >= 0.3 is 0 Å². The maximum atomic E-state index is 9.58. The van der Waals surface area contributed by atoms with Gasteiger partial charge in [0.25, 0.3) is 0 Å². The molecule has 2 aromatic carbocycles. The van der Waals surface area contributed by atoms with E-state index in [0.29, 0.717) is 0 Å². The standard InChI is InChI=1S/C16H18O2/c1-11(17)13-6-8-14(9-7-13)16-5-3-4-15(10-16)12(2)18/h3-12,17-18H,1-2H3/t11-,12-/m0/s1. The zero-order valence-corrected chi connectivity index (χ0v) is 10.7. The monoisotopic (exact) mass is 242 g/mol. The Balaban J connectivity index is 2.33. The zero-order chi connectivity index (χ0) is 13.1. The fourth-order valence-electron chi connectivity index (χ4n) is 1.93. The molecule has 2 atom stereocenters. The van der Waals surface area contributed by atoms with Gasteiger partial charge in [-0.1, -0.05) is 42.5 Å². The lowest BCUT2D eigenvalue weighted by Gasteiger charge is -2.09. The molecule has 2 nitrogen and oxygen atoms in total. The van der Waals surface area contributed by atoms with Crippen LogP contribution in [-0.4, -0.2) is 10.2 Å². The SMILES string of the molecule is C[C@H](O)c1ccc(-c2cccc([C@H](C)O)c2)cc1. The number of benzene rings is 2. The van der Waals surface area contributed by atoms with Gasteiger partial charge in [-0.15, -0.1) is 0 Å². The van der Waals surface area contributed by atoms with Crippen LogP contribution in [-0.2, 0) is 0 Å². The van der Waals surface area contributed by atoms with Crippen LogP contribution < -0.4 is 0 Å². The van der Waals surface area contributed by atoms with E-state index in [1.165, 1.54) is 0 Å². The molecule has 0 aromatic heterocycles. The van der Waals surface area contributed by atoms with E-state index < -0.39 is 12.2 Å². The Morgan fingerprint density at radius 3 is 1.89 bits per heavy atom. The fourth-order valence-corrected chi connectivity index (χ4v) is 1.93. The summed E-state index contributed by atoms with van der Waals surface area (Å²) in [6.45, 7) is 3.51. The van der Waals surface area contributed by atoms with Gasteiger partial charge < -0.3 is 10.2 Å². The first-order valence-electron chi connectivity index (χ1n) is 6.14. The summed E-state index contributed by atoms with van der Waals surface area (Å²) in [5.74, 6) is 0.